The first-order chi connectivity index (χ1) is 5.27. The van der Waals surface area contributed by atoms with Crippen molar-refractivity contribution in [2.24, 2.45) is 11.8 Å². The molecule has 1 saturated heterocycles. The average molecular weight is 153 g/mol. The van der Waals surface area contributed by atoms with Gasteiger partial charge in [-0.15, -0.1) is 0 Å². The SMILES string of the molecule is CN1CC2CCCC2CC1=O. The Balaban J connectivity index is 2.06. The minimum absolute atomic E-state index is 0.355. The number of carbonyl (C=O) groups is 1. The van der Waals surface area contributed by atoms with Crippen LogP contribution in [0, 0.1) is 11.8 Å². The maximum Gasteiger partial charge on any atom is 0.222 e. The Labute approximate surface area is 67.6 Å². The first-order valence-corrected chi connectivity index (χ1v) is 4.51. The Kier molecular flexibility index (Phi) is 1.63. The molecule has 1 amide bonds. The van der Waals surface area contributed by atoms with Crippen molar-refractivity contribution in [1.82, 2.24) is 4.90 Å². The number of likely N-dealkylation sites (tertiary alicyclic amines) is 1. The smallest absolute Gasteiger partial charge is 0.222 e. The molecule has 2 atom stereocenters. The van der Waals surface area contributed by atoms with Gasteiger partial charge in [0.1, 0.15) is 0 Å². The quantitative estimate of drug-likeness (QED) is 0.513. The first-order valence-electron chi connectivity index (χ1n) is 4.51. The highest BCUT2D eigenvalue weighted by Crippen LogP contribution is 2.37. The van der Waals surface area contributed by atoms with E-state index in [-0.39, 0.29) is 0 Å². The largest absolute Gasteiger partial charge is 0.345 e. The Bertz CT molecular complexity index is 178. The highest BCUT2D eigenvalue weighted by Gasteiger charge is 2.35. The number of rotatable bonds is 0. The molecule has 0 aromatic heterocycles. The molecule has 0 aromatic rings. The maximum atomic E-state index is 11.3. The van der Waals surface area contributed by atoms with Gasteiger partial charge in [0.15, 0.2) is 0 Å². The summed E-state index contributed by atoms with van der Waals surface area (Å²) in [5.41, 5.74) is 0. The third-order valence-electron chi connectivity index (χ3n) is 3.19. The molecule has 1 saturated carbocycles. The van der Waals surface area contributed by atoms with E-state index >= 15 is 0 Å². The van der Waals surface area contributed by atoms with E-state index in [1.165, 1.54) is 19.3 Å². The minimum atomic E-state index is 0.355. The van der Waals surface area contributed by atoms with E-state index < -0.39 is 0 Å². The van der Waals surface area contributed by atoms with Crippen LogP contribution in [0.5, 0.6) is 0 Å². The van der Waals surface area contributed by atoms with Crippen LogP contribution in [0.3, 0.4) is 0 Å². The molecule has 2 unspecified atom stereocenters. The van der Waals surface area contributed by atoms with E-state index in [1.54, 1.807) is 0 Å². The second-order valence-corrected chi connectivity index (χ2v) is 3.93. The van der Waals surface area contributed by atoms with E-state index in [9.17, 15) is 4.79 Å². The number of amides is 1. The van der Waals surface area contributed by atoms with Crippen molar-refractivity contribution in [3.05, 3.63) is 0 Å². The van der Waals surface area contributed by atoms with Crippen molar-refractivity contribution < 1.29 is 4.79 Å². The molecule has 2 fully saturated rings. The summed E-state index contributed by atoms with van der Waals surface area (Å²) in [6.07, 6.45) is 4.81. The summed E-state index contributed by atoms with van der Waals surface area (Å²) < 4.78 is 0. The van der Waals surface area contributed by atoms with E-state index in [0.29, 0.717) is 5.91 Å². The van der Waals surface area contributed by atoms with E-state index in [2.05, 4.69) is 0 Å². The summed E-state index contributed by atoms with van der Waals surface area (Å²) in [5.74, 6) is 1.92. The van der Waals surface area contributed by atoms with Crippen LogP contribution in [0.4, 0.5) is 0 Å². The molecule has 0 N–H and O–H groups in total. The molecule has 1 aliphatic heterocycles. The number of hydrogen-bond donors (Lipinski definition) is 0. The zero-order valence-corrected chi connectivity index (χ0v) is 7.05. The van der Waals surface area contributed by atoms with E-state index in [1.807, 2.05) is 11.9 Å². The van der Waals surface area contributed by atoms with Crippen LogP contribution in [0.15, 0.2) is 0 Å². The lowest BCUT2D eigenvalue weighted by Gasteiger charge is -2.31. The van der Waals surface area contributed by atoms with Gasteiger partial charge in [-0.1, -0.05) is 6.42 Å². The van der Waals surface area contributed by atoms with Crippen molar-refractivity contribution in [3.8, 4) is 0 Å². The standard InChI is InChI=1S/C9H15NO/c1-10-6-8-4-2-3-7(8)5-9(10)11/h7-8H,2-6H2,1H3. The highest BCUT2D eigenvalue weighted by molar-refractivity contribution is 5.77. The van der Waals surface area contributed by atoms with Crippen molar-refractivity contribution in [2.75, 3.05) is 13.6 Å². The van der Waals surface area contributed by atoms with Gasteiger partial charge < -0.3 is 4.90 Å². The molecule has 0 spiro atoms. The lowest BCUT2D eigenvalue weighted by atomic mass is 9.88. The second-order valence-electron chi connectivity index (χ2n) is 3.93. The van der Waals surface area contributed by atoms with Crippen LogP contribution in [-0.4, -0.2) is 24.4 Å². The van der Waals surface area contributed by atoms with Gasteiger partial charge in [0.05, 0.1) is 0 Å². The maximum absolute atomic E-state index is 11.3. The molecule has 2 rings (SSSR count). The molecule has 1 heterocycles. The van der Waals surface area contributed by atoms with Crippen molar-refractivity contribution >= 4 is 5.91 Å². The molecule has 0 bridgehead atoms. The predicted octanol–water partition coefficient (Wildman–Crippen LogP) is 1.26. The molecule has 2 nitrogen and oxygen atoms in total. The summed E-state index contributed by atoms with van der Waals surface area (Å²) in [5, 5.41) is 0. The number of fused-ring (bicyclic) bond motifs is 1. The lowest BCUT2D eigenvalue weighted by molar-refractivity contribution is -0.134. The van der Waals surface area contributed by atoms with Crippen LogP contribution < -0.4 is 0 Å². The van der Waals surface area contributed by atoms with Crippen molar-refractivity contribution in [1.29, 1.82) is 0 Å². The minimum Gasteiger partial charge on any atom is -0.345 e. The fourth-order valence-electron chi connectivity index (χ4n) is 2.46. The average Bonchev–Trinajstić information content (AvgIpc) is 2.36. The van der Waals surface area contributed by atoms with Crippen LogP contribution in [-0.2, 0) is 4.79 Å². The molecule has 2 aliphatic rings. The monoisotopic (exact) mass is 153 g/mol. The zero-order chi connectivity index (χ0) is 7.84. The third-order valence-corrected chi connectivity index (χ3v) is 3.19. The molecule has 0 aromatic carbocycles. The van der Waals surface area contributed by atoms with Gasteiger partial charge in [0, 0.05) is 20.0 Å². The van der Waals surface area contributed by atoms with Gasteiger partial charge in [-0.3, -0.25) is 4.79 Å². The predicted molar refractivity (Wildman–Crippen MR) is 43.1 cm³/mol. The topological polar surface area (TPSA) is 20.3 Å². The van der Waals surface area contributed by atoms with Crippen molar-refractivity contribution in [3.63, 3.8) is 0 Å². The van der Waals surface area contributed by atoms with Crippen LogP contribution >= 0.6 is 0 Å². The van der Waals surface area contributed by atoms with Gasteiger partial charge in [0.25, 0.3) is 0 Å². The zero-order valence-electron chi connectivity index (χ0n) is 7.05. The Morgan fingerprint density at radius 1 is 1.36 bits per heavy atom. The van der Waals surface area contributed by atoms with Crippen LogP contribution in [0.2, 0.25) is 0 Å². The summed E-state index contributed by atoms with van der Waals surface area (Å²) >= 11 is 0. The van der Waals surface area contributed by atoms with Crippen molar-refractivity contribution in [2.45, 2.75) is 25.7 Å². The lowest BCUT2D eigenvalue weighted by Crippen LogP contribution is -2.39. The fourth-order valence-corrected chi connectivity index (χ4v) is 2.46. The molecular weight excluding hydrogens is 138 g/mol. The van der Waals surface area contributed by atoms with Gasteiger partial charge >= 0.3 is 0 Å². The van der Waals surface area contributed by atoms with Gasteiger partial charge in [-0.2, -0.15) is 0 Å². The third kappa shape index (κ3) is 1.15. The molecule has 1 aliphatic carbocycles. The molecule has 2 heteroatoms. The van der Waals surface area contributed by atoms with Gasteiger partial charge in [-0.05, 0) is 24.7 Å². The van der Waals surface area contributed by atoms with E-state index in [0.717, 1.165) is 24.8 Å². The molecule has 11 heavy (non-hydrogen) atoms. The number of nitrogens with zero attached hydrogens (tertiary/aromatic N) is 1. The summed E-state index contributed by atoms with van der Waals surface area (Å²) in [6.45, 7) is 1.02. The number of carbonyl (C=O) groups excluding carboxylic acids is 1. The Morgan fingerprint density at radius 3 is 2.91 bits per heavy atom. The molecule has 62 valence electrons. The van der Waals surface area contributed by atoms with Gasteiger partial charge in [-0.25, -0.2) is 0 Å². The Morgan fingerprint density at radius 2 is 2.09 bits per heavy atom. The summed E-state index contributed by atoms with van der Waals surface area (Å²) in [6, 6.07) is 0. The number of hydrogen-bond acceptors (Lipinski definition) is 1. The summed E-state index contributed by atoms with van der Waals surface area (Å²) in [7, 11) is 1.93. The van der Waals surface area contributed by atoms with Crippen LogP contribution in [0.25, 0.3) is 0 Å². The first kappa shape index (κ1) is 7.14. The molecule has 0 radical (unpaired) electrons. The highest BCUT2D eigenvalue weighted by atomic mass is 16.2. The number of piperidine rings is 1. The second kappa shape index (κ2) is 2.50. The van der Waals surface area contributed by atoms with Gasteiger partial charge in [0.2, 0.25) is 5.91 Å². The normalized spacial score (nSPS) is 37.5. The summed E-state index contributed by atoms with van der Waals surface area (Å²) in [4.78, 5) is 13.2. The van der Waals surface area contributed by atoms with E-state index in [4.69, 9.17) is 0 Å². The fraction of sp³-hybridized carbons (Fsp3) is 0.889. The van der Waals surface area contributed by atoms with Crippen LogP contribution in [0.1, 0.15) is 25.7 Å². The molecular formula is C9H15NO. The Hall–Kier alpha value is -0.530.